The lowest BCUT2D eigenvalue weighted by Crippen LogP contribution is -2.33. The number of rotatable bonds is 4. The highest BCUT2D eigenvalue weighted by Crippen LogP contribution is 2.39. The van der Waals surface area contributed by atoms with Gasteiger partial charge in [0.2, 0.25) is 0 Å². The molecule has 1 aliphatic rings. The predicted molar refractivity (Wildman–Crippen MR) is 61.7 cm³/mol. The molecule has 0 aromatic carbocycles. The summed E-state index contributed by atoms with van der Waals surface area (Å²) in [6, 6.07) is 0. The van der Waals surface area contributed by atoms with E-state index in [-0.39, 0.29) is 5.92 Å². The van der Waals surface area contributed by atoms with Crippen LogP contribution in [0, 0.1) is 23.7 Å². The van der Waals surface area contributed by atoms with Crippen molar-refractivity contribution in [2.45, 2.75) is 52.9 Å². The Balaban J connectivity index is 2.61. The Morgan fingerprint density at radius 2 is 2.07 bits per heavy atom. The van der Waals surface area contributed by atoms with Gasteiger partial charge in [0.1, 0.15) is 0 Å². The summed E-state index contributed by atoms with van der Waals surface area (Å²) >= 11 is 0. The molecule has 15 heavy (non-hydrogen) atoms. The molecule has 0 bridgehead atoms. The van der Waals surface area contributed by atoms with Crippen LogP contribution in [0.15, 0.2) is 0 Å². The van der Waals surface area contributed by atoms with Gasteiger partial charge in [-0.25, -0.2) is 0 Å². The second kappa shape index (κ2) is 5.53. The van der Waals surface area contributed by atoms with Crippen LogP contribution in [-0.4, -0.2) is 11.1 Å². The fraction of sp³-hybridized carbons (Fsp3) is 0.923. The van der Waals surface area contributed by atoms with Gasteiger partial charge in [-0.1, -0.05) is 40.0 Å². The van der Waals surface area contributed by atoms with Crippen LogP contribution < -0.4 is 0 Å². The molecule has 1 fully saturated rings. The molecule has 2 heteroatoms. The van der Waals surface area contributed by atoms with Gasteiger partial charge in [-0.3, -0.25) is 4.79 Å². The average molecular weight is 212 g/mol. The molecule has 3 atom stereocenters. The lowest BCUT2D eigenvalue weighted by Gasteiger charge is -2.36. The molecule has 0 aliphatic heterocycles. The highest BCUT2D eigenvalue weighted by atomic mass is 16.4. The van der Waals surface area contributed by atoms with Crippen LogP contribution in [-0.2, 0) is 4.79 Å². The summed E-state index contributed by atoms with van der Waals surface area (Å²) in [5, 5.41) is 9.24. The molecule has 1 saturated carbocycles. The Morgan fingerprint density at radius 1 is 1.40 bits per heavy atom. The molecule has 0 spiro atoms. The van der Waals surface area contributed by atoms with E-state index in [4.69, 9.17) is 0 Å². The molecule has 0 aromatic rings. The van der Waals surface area contributed by atoms with Crippen LogP contribution in [0.5, 0.6) is 0 Å². The molecule has 1 rings (SSSR count). The van der Waals surface area contributed by atoms with Crippen LogP contribution in [0.25, 0.3) is 0 Å². The lowest BCUT2D eigenvalue weighted by atomic mass is 9.69. The summed E-state index contributed by atoms with van der Waals surface area (Å²) in [5.74, 6) is 0.903. The van der Waals surface area contributed by atoms with Crippen LogP contribution >= 0.6 is 0 Å². The minimum atomic E-state index is -0.575. The normalized spacial score (nSPS) is 31.9. The highest BCUT2D eigenvalue weighted by Gasteiger charge is 2.36. The molecular formula is C13H24O2. The van der Waals surface area contributed by atoms with E-state index in [9.17, 15) is 9.90 Å². The average Bonchev–Trinajstić information content (AvgIpc) is 2.17. The number of carboxylic acids is 1. The molecule has 0 saturated heterocycles. The second-order valence-corrected chi connectivity index (χ2v) is 5.32. The van der Waals surface area contributed by atoms with Gasteiger partial charge in [0.05, 0.1) is 5.92 Å². The van der Waals surface area contributed by atoms with Gasteiger partial charge >= 0.3 is 5.97 Å². The standard InChI is InChI=1S/C13H24O2/c1-4-5-10-6-7-11(9(2)3)12(8-10)13(14)15/h9-12H,4-8H2,1-3H3,(H,14,15). The van der Waals surface area contributed by atoms with E-state index < -0.39 is 5.97 Å². The fourth-order valence-corrected chi connectivity index (χ4v) is 3.03. The Morgan fingerprint density at radius 3 is 2.53 bits per heavy atom. The van der Waals surface area contributed by atoms with Gasteiger partial charge in [-0.2, -0.15) is 0 Å². The number of carbonyl (C=O) groups is 1. The lowest BCUT2D eigenvalue weighted by molar-refractivity contribution is -0.146. The van der Waals surface area contributed by atoms with E-state index in [1.807, 2.05) is 0 Å². The van der Waals surface area contributed by atoms with Gasteiger partial charge in [0.25, 0.3) is 0 Å². The third-order valence-corrected chi connectivity index (χ3v) is 3.88. The Kier molecular flexibility index (Phi) is 4.62. The van der Waals surface area contributed by atoms with E-state index in [1.54, 1.807) is 0 Å². The molecule has 0 radical (unpaired) electrons. The Labute approximate surface area is 93.1 Å². The Bertz CT molecular complexity index is 211. The molecule has 88 valence electrons. The summed E-state index contributed by atoms with van der Waals surface area (Å²) in [6.07, 6.45) is 5.64. The van der Waals surface area contributed by atoms with Crippen molar-refractivity contribution in [3.63, 3.8) is 0 Å². The van der Waals surface area contributed by atoms with Crippen molar-refractivity contribution in [2.75, 3.05) is 0 Å². The van der Waals surface area contributed by atoms with Crippen LogP contribution in [0.2, 0.25) is 0 Å². The first-order valence-corrected chi connectivity index (χ1v) is 6.29. The summed E-state index contributed by atoms with van der Waals surface area (Å²) in [5.41, 5.74) is 0. The maximum Gasteiger partial charge on any atom is 0.306 e. The summed E-state index contributed by atoms with van der Waals surface area (Å²) in [6.45, 7) is 6.49. The third kappa shape index (κ3) is 3.22. The Hall–Kier alpha value is -0.530. The molecule has 1 aliphatic carbocycles. The van der Waals surface area contributed by atoms with Crippen molar-refractivity contribution in [3.8, 4) is 0 Å². The van der Waals surface area contributed by atoms with Crippen molar-refractivity contribution in [3.05, 3.63) is 0 Å². The quantitative estimate of drug-likeness (QED) is 0.773. The van der Waals surface area contributed by atoms with Crippen LogP contribution in [0.4, 0.5) is 0 Å². The minimum absolute atomic E-state index is 0.0877. The van der Waals surface area contributed by atoms with Crippen molar-refractivity contribution in [1.82, 2.24) is 0 Å². The zero-order valence-corrected chi connectivity index (χ0v) is 10.2. The first-order valence-electron chi connectivity index (χ1n) is 6.29. The smallest absolute Gasteiger partial charge is 0.306 e. The van der Waals surface area contributed by atoms with Crippen molar-refractivity contribution >= 4 is 5.97 Å². The minimum Gasteiger partial charge on any atom is -0.481 e. The van der Waals surface area contributed by atoms with Gasteiger partial charge in [0.15, 0.2) is 0 Å². The highest BCUT2D eigenvalue weighted by molar-refractivity contribution is 5.70. The molecule has 0 amide bonds. The molecule has 0 aromatic heterocycles. The molecular weight excluding hydrogens is 188 g/mol. The maximum atomic E-state index is 11.2. The zero-order chi connectivity index (χ0) is 11.4. The van der Waals surface area contributed by atoms with Crippen molar-refractivity contribution < 1.29 is 9.90 Å². The summed E-state index contributed by atoms with van der Waals surface area (Å²) in [7, 11) is 0. The van der Waals surface area contributed by atoms with Crippen LogP contribution in [0.3, 0.4) is 0 Å². The number of hydrogen-bond donors (Lipinski definition) is 1. The number of aliphatic carboxylic acids is 1. The van der Waals surface area contributed by atoms with Gasteiger partial charge in [0, 0.05) is 0 Å². The predicted octanol–water partition coefficient (Wildman–Crippen LogP) is 3.56. The monoisotopic (exact) mass is 212 g/mol. The van der Waals surface area contributed by atoms with E-state index in [0.717, 1.165) is 12.8 Å². The fourth-order valence-electron chi connectivity index (χ4n) is 3.03. The molecule has 3 unspecified atom stereocenters. The largest absolute Gasteiger partial charge is 0.481 e. The first kappa shape index (κ1) is 12.5. The first-order chi connectivity index (χ1) is 7.06. The van der Waals surface area contributed by atoms with E-state index >= 15 is 0 Å². The SMILES string of the molecule is CCCC1CCC(C(C)C)C(C(=O)O)C1. The van der Waals surface area contributed by atoms with Crippen molar-refractivity contribution in [2.24, 2.45) is 23.7 Å². The molecule has 0 heterocycles. The third-order valence-electron chi connectivity index (χ3n) is 3.88. The zero-order valence-electron chi connectivity index (χ0n) is 10.2. The van der Waals surface area contributed by atoms with Crippen LogP contribution in [0.1, 0.15) is 52.9 Å². The van der Waals surface area contributed by atoms with Gasteiger partial charge in [-0.15, -0.1) is 0 Å². The summed E-state index contributed by atoms with van der Waals surface area (Å²) < 4.78 is 0. The second-order valence-electron chi connectivity index (χ2n) is 5.32. The van der Waals surface area contributed by atoms with E-state index in [2.05, 4.69) is 20.8 Å². The van der Waals surface area contributed by atoms with E-state index in [1.165, 1.54) is 19.3 Å². The van der Waals surface area contributed by atoms with E-state index in [0.29, 0.717) is 17.8 Å². The summed E-state index contributed by atoms with van der Waals surface area (Å²) in [4.78, 5) is 11.2. The molecule has 1 N–H and O–H groups in total. The maximum absolute atomic E-state index is 11.2. The molecule has 2 nitrogen and oxygen atoms in total. The van der Waals surface area contributed by atoms with Gasteiger partial charge in [-0.05, 0) is 30.6 Å². The van der Waals surface area contributed by atoms with Gasteiger partial charge < -0.3 is 5.11 Å². The topological polar surface area (TPSA) is 37.3 Å². The number of hydrogen-bond acceptors (Lipinski definition) is 1. The van der Waals surface area contributed by atoms with Crippen molar-refractivity contribution in [1.29, 1.82) is 0 Å². The number of carboxylic acid groups (broad SMARTS) is 1.